The number of para-hydroxylation sites is 1. The number of carboxylic acid groups (broad SMARTS) is 1. The average Bonchev–Trinajstić information content (AvgIpc) is 2.66. The highest BCUT2D eigenvalue weighted by molar-refractivity contribution is 5.89. The number of benzene rings is 1. The number of hydrogen-bond donors (Lipinski definition) is 1. The van der Waals surface area contributed by atoms with E-state index in [0.717, 1.165) is 11.3 Å². The Bertz CT molecular complexity index is 697. The molecule has 2 aliphatic heterocycles. The van der Waals surface area contributed by atoms with Crippen molar-refractivity contribution in [3.05, 3.63) is 29.8 Å². The summed E-state index contributed by atoms with van der Waals surface area (Å²) in [5.41, 5.74) is 0.866. The Labute approximate surface area is 152 Å². The number of fused-ring (bicyclic) bond motifs is 1. The van der Waals surface area contributed by atoms with E-state index in [0.29, 0.717) is 39.0 Å². The molecule has 0 radical (unpaired) electrons. The Kier molecular flexibility index (Phi) is 5.44. The van der Waals surface area contributed by atoms with Gasteiger partial charge in [0.05, 0.1) is 25.0 Å². The molecule has 0 bridgehead atoms. The highest BCUT2D eigenvalue weighted by atomic mass is 16.5. The maximum Gasteiger partial charge on any atom is 0.306 e. The molecule has 7 heteroatoms. The minimum absolute atomic E-state index is 0.0100. The molecular weight excluding hydrogens is 336 g/mol. The van der Waals surface area contributed by atoms with E-state index in [1.807, 2.05) is 24.3 Å². The van der Waals surface area contributed by atoms with Crippen LogP contribution in [-0.4, -0.2) is 66.0 Å². The van der Waals surface area contributed by atoms with Crippen LogP contribution in [0.1, 0.15) is 30.7 Å². The molecule has 0 aromatic heterocycles. The van der Waals surface area contributed by atoms with Crippen LogP contribution < -0.4 is 4.74 Å². The highest BCUT2D eigenvalue weighted by Gasteiger charge is 2.32. The number of rotatable bonds is 4. The number of piperidine rings is 1. The Morgan fingerprint density at radius 2 is 1.88 bits per heavy atom. The zero-order chi connectivity index (χ0) is 18.7. The molecule has 7 nitrogen and oxygen atoms in total. The number of aliphatic carboxylic acids is 1. The smallest absolute Gasteiger partial charge is 0.306 e. The van der Waals surface area contributed by atoms with Gasteiger partial charge in [0.2, 0.25) is 11.8 Å². The van der Waals surface area contributed by atoms with Crippen LogP contribution in [0.15, 0.2) is 24.3 Å². The van der Waals surface area contributed by atoms with Gasteiger partial charge in [-0.3, -0.25) is 14.4 Å². The molecule has 0 saturated carbocycles. The van der Waals surface area contributed by atoms with E-state index in [1.54, 1.807) is 11.9 Å². The molecule has 2 amide bonds. The quantitative estimate of drug-likeness (QED) is 0.875. The third kappa shape index (κ3) is 3.81. The zero-order valence-electron chi connectivity index (χ0n) is 14.9. The first-order valence-corrected chi connectivity index (χ1v) is 8.94. The second-order valence-electron chi connectivity index (χ2n) is 6.92. The summed E-state index contributed by atoms with van der Waals surface area (Å²) < 4.78 is 5.60. The number of carbonyl (C=O) groups is 3. The zero-order valence-corrected chi connectivity index (χ0v) is 14.9. The van der Waals surface area contributed by atoms with Crippen LogP contribution in [0.5, 0.6) is 5.75 Å². The topological polar surface area (TPSA) is 87.2 Å². The molecule has 1 aromatic carbocycles. The predicted molar refractivity (Wildman–Crippen MR) is 93.9 cm³/mol. The largest absolute Gasteiger partial charge is 0.493 e. The van der Waals surface area contributed by atoms with Crippen molar-refractivity contribution in [1.82, 2.24) is 9.80 Å². The number of ether oxygens (including phenoxy) is 1. The van der Waals surface area contributed by atoms with Gasteiger partial charge in [-0.05, 0) is 25.3 Å². The van der Waals surface area contributed by atoms with Crippen LogP contribution in [0.3, 0.4) is 0 Å². The third-order valence-corrected chi connectivity index (χ3v) is 5.20. The lowest BCUT2D eigenvalue weighted by Crippen LogP contribution is -2.46. The van der Waals surface area contributed by atoms with Gasteiger partial charge in [-0.25, -0.2) is 0 Å². The monoisotopic (exact) mass is 360 g/mol. The van der Waals surface area contributed by atoms with E-state index in [-0.39, 0.29) is 30.2 Å². The van der Waals surface area contributed by atoms with Crippen molar-refractivity contribution in [2.24, 2.45) is 5.92 Å². The molecule has 3 rings (SSSR count). The summed E-state index contributed by atoms with van der Waals surface area (Å²) in [4.78, 5) is 39.5. The van der Waals surface area contributed by atoms with Crippen molar-refractivity contribution in [2.45, 2.75) is 25.2 Å². The van der Waals surface area contributed by atoms with Crippen molar-refractivity contribution in [3.8, 4) is 5.75 Å². The molecule has 1 atom stereocenters. The van der Waals surface area contributed by atoms with E-state index in [4.69, 9.17) is 9.84 Å². The minimum atomic E-state index is -0.803. The first-order chi connectivity index (χ1) is 12.5. The van der Waals surface area contributed by atoms with Gasteiger partial charge in [0, 0.05) is 25.7 Å². The SMILES string of the molecule is CN(CC(=O)N1CCC(C(=O)O)CC1)C(=O)C1CCOc2ccccc21. The first kappa shape index (κ1) is 18.2. The summed E-state index contributed by atoms with van der Waals surface area (Å²) in [6.45, 7) is 1.35. The van der Waals surface area contributed by atoms with E-state index >= 15 is 0 Å². The van der Waals surface area contributed by atoms with Gasteiger partial charge in [-0.15, -0.1) is 0 Å². The second kappa shape index (κ2) is 7.76. The van der Waals surface area contributed by atoms with Crippen LogP contribution in [-0.2, 0) is 14.4 Å². The maximum atomic E-state index is 12.8. The van der Waals surface area contributed by atoms with E-state index in [1.165, 1.54) is 4.90 Å². The van der Waals surface area contributed by atoms with Crippen molar-refractivity contribution >= 4 is 17.8 Å². The summed E-state index contributed by atoms with van der Waals surface area (Å²) in [5.74, 6) is -0.970. The number of amides is 2. The molecular formula is C19H24N2O5. The number of carbonyl (C=O) groups excluding carboxylic acids is 2. The van der Waals surface area contributed by atoms with Gasteiger partial charge in [-0.2, -0.15) is 0 Å². The van der Waals surface area contributed by atoms with E-state index in [9.17, 15) is 14.4 Å². The molecule has 0 aliphatic carbocycles. The minimum Gasteiger partial charge on any atom is -0.493 e. The number of likely N-dealkylation sites (N-methyl/N-ethyl adjacent to an activating group) is 1. The van der Waals surface area contributed by atoms with Gasteiger partial charge >= 0.3 is 5.97 Å². The van der Waals surface area contributed by atoms with Crippen LogP contribution in [0, 0.1) is 5.92 Å². The number of carboxylic acids is 1. The fourth-order valence-electron chi connectivity index (χ4n) is 3.62. The van der Waals surface area contributed by atoms with Crippen LogP contribution >= 0.6 is 0 Å². The molecule has 1 fully saturated rings. The van der Waals surface area contributed by atoms with Crippen molar-refractivity contribution in [2.75, 3.05) is 33.3 Å². The Hall–Kier alpha value is -2.57. The fraction of sp³-hybridized carbons (Fsp3) is 0.526. The molecule has 0 spiro atoms. The summed E-state index contributed by atoms with van der Waals surface area (Å²) in [6.07, 6.45) is 1.52. The van der Waals surface area contributed by atoms with Crippen LogP contribution in [0.2, 0.25) is 0 Å². The Morgan fingerprint density at radius 3 is 2.58 bits per heavy atom. The van der Waals surface area contributed by atoms with Gasteiger partial charge < -0.3 is 19.6 Å². The number of likely N-dealkylation sites (tertiary alicyclic amines) is 1. The van der Waals surface area contributed by atoms with E-state index < -0.39 is 5.97 Å². The summed E-state index contributed by atoms with van der Waals surface area (Å²) in [7, 11) is 1.64. The number of nitrogens with zero attached hydrogens (tertiary/aromatic N) is 2. The molecule has 2 aliphatic rings. The third-order valence-electron chi connectivity index (χ3n) is 5.20. The predicted octanol–water partition coefficient (Wildman–Crippen LogP) is 1.33. The summed E-state index contributed by atoms with van der Waals surface area (Å²) in [6, 6.07) is 7.50. The van der Waals surface area contributed by atoms with Gasteiger partial charge in [0.25, 0.3) is 0 Å². The molecule has 1 aromatic rings. The summed E-state index contributed by atoms with van der Waals surface area (Å²) >= 11 is 0. The van der Waals surface area contributed by atoms with Gasteiger partial charge in [-0.1, -0.05) is 18.2 Å². The number of hydrogen-bond acceptors (Lipinski definition) is 4. The van der Waals surface area contributed by atoms with Gasteiger partial charge in [0.15, 0.2) is 0 Å². The second-order valence-corrected chi connectivity index (χ2v) is 6.92. The highest BCUT2D eigenvalue weighted by Crippen LogP contribution is 2.34. The Morgan fingerprint density at radius 1 is 1.19 bits per heavy atom. The lowest BCUT2D eigenvalue weighted by Gasteiger charge is -2.33. The van der Waals surface area contributed by atoms with Gasteiger partial charge in [0.1, 0.15) is 5.75 Å². The van der Waals surface area contributed by atoms with Crippen molar-refractivity contribution < 1.29 is 24.2 Å². The molecule has 26 heavy (non-hydrogen) atoms. The standard InChI is InChI=1S/C19H24N2O5/c1-20(12-17(22)21-9-6-13(7-10-21)19(24)25)18(23)15-8-11-26-16-5-3-2-4-14(15)16/h2-5,13,15H,6-12H2,1H3,(H,24,25). The maximum absolute atomic E-state index is 12.8. The molecule has 2 heterocycles. The molecule has 1 unspecified atom stereocenters. The van der Waals surface area contributed by atoms with Crippen LogP contribution in [0.4, 0.5) is 0 Å². The van der Waals surface area contributed by atoms with Crippen molar-refractivity contribution in [3.63, 3.8) is 0 Å². The summed E-state index contributed by atoms with van der Waals surface area (Å²) in [5, 5.41) is 9.04. The molecule has 140 valence electrons. The normalized spacial score (nSPS) is 20.0. The fourth-order valence-corrected chi connectivity index (χ4v) is 3.62. The van der Waals surface area contributed by atoms with E-state index in [2.05, 4.69) is 0 Å². The molecule has 1 saturated heterocycles. The average molecular weight is 360 g/mol. The lowest BCUT2D eigenvalue weighted by molar-refractivity contribution is -0.146. The first-order valence-electron chi connectivity index (χ1n) is 8.94. The molecule has 1 N–H and O–H groups in total. The van der Waals surface area contributed by atoms with Crippen molar-refractivity contribution in [1.29, 1.82) is 0 Å². The lowest BCUT2D eigenvalue weighted by atomic mass is 9.92. The Balaban J connectivity index is 1.58. The van der Waals surface area contributed by atoms with Crippen LogP contribution in [0.25, 0.3) is 0 Å².